The minimum atomic E-state index is 0.0341. The van der Waals surface area contributed by atoms with Crippen LogP contribution in [0.25, 0.3) is 0 Å². The first-order valence-corrected chi connectivity index (χ1v) is 7.69. The monoisotopic (exact) mass is 335 g/mol. The van der Waals surface area contributed by atoms with Crippen molar-refractivity contribution in [3.05, 3.63) is 52.3 Å². The Morgan fingerprint density at radius 1 is 1.30 bits per heavy atom. The maximum atomic E-state index is 4.42. The van der Waals surface area contributed by atoms with Crippen LogP contribution in [0.2, 0.25) is 0 Å². The molecule has 1 aromatic carbocycles. The van der Waals surface area contributed by atoms with E-state index in [1.165, 1.54) is 11.1 Å². The number of halogens is 1. The summed E-state index contributed by atoms with van der Waals surface area (Å²) in [6, 6.07) is 8.61. The molecule has 1 heterocycles. The van der Waals surface area contributed by atoms with Gasteiger partial charge in [0.15, 0.2) is 0 Å². The molecule has 1 atom stereocenters. The average molecular weight is 336 g/mol. The third-order valence-electron chi connectivity index (χ3n) is 3.31. The van der Waals surface area contributed by atoms with Gasteiger partial charge >= 0.3 is 0 Å². The molecule has 0 unspecified atom stereocenters. The van der Waals surface area contributed by atoms with Crippen molar-refractivity contribution in [3.63, 3.8) is 0 Å². The summed E-state index contributed by atoms with van der Waals surface area (Å²) in [6.45, 7) is 9.45. The molecular formula is C16H22BrN3. The fourth-order valence-electron chi connectivity index (χ4n) is 2.03. The minimum absolute atomic E-state index is 0.0341. The Morgan fingerprint density at radius 3 is 2.60 bits per heavy atom. The predicted octanol–water partition coefficient (Wildman–Crippen LogP) is 4.25. The average Bonchev–Trinajstić information content (AvgIpc) is 2.85. The van der Waals surface area contributed by atoms with Crippen LogP contribution in [0.4, 0.5) is 0 Å². The van der Waals surface area contributed by atoms with Gasteiger partial charge in [-0.2, -0.15) is 5.10 Å². The SMILES string of the molecule is C[C@H](NCc1cnn(C(C)(C)C)c1)c1ccccc1Br. The molecule has 0 fully saturated rings. The van der Waals surface area contributed by atoms with Crippen LogP contribution in [0.15, 0.2) is 41.1 Å². The van der Waals surface area contributed by atoms with Crippen molar-refractivity contribution in [2.75, 3.05) is 0 Å². The van der Waals surface area contributed by atoms with Gasteiger partial charge in [-0.1, -0.05) is 34.1 Å². The zero-order chi connectivity index (χ0) is 14.8. The Bertz CT molecular complexity index is 569. The zero-order valence-corrected chi connectivity index (χ0v) is 14.1. The summed E-state index contributed by atoms with van der Waals surface area (Å²) in [4.78, 5) is 0. The van der Waals surface area contributed by atoms with E-state index in [0.29, 0.717) is 6.04 Å². The van der Waals surface area contributed by atoms with Crippen molar-refractivity contribution >= 4 is 15.9 Å². The molecule has 2 aromatic rings. The second-order valence-electron chi connectivity index (χ2n) is 6.09. The van der Waals surface area contributed by atoms with Crippen LogP contribution in [0.5, 0.6) is 0 Å². The van der Waals surface area contributed by atoms with Crippen LogP contribution in [-0.2, 0) is 12.1 Å². The molecule has 0 saturated heterocycles. The first-order valence-electron chi connectivity index (χ1n) is 6.90. The fraction of sp³-hybridized carbons (Fsp3) is 0.438. The molecule has 20 heavy (non-hydrogen) atoms. The van der Waals surface area contributed by atoms with Gasteiger partial charge in [-0.05, 0) is 39.3 Å². The lowest BCUT2D eigenvalue weighted by Crippen LogP contribution is -2.22. The van der Waals surface area contributed by atoms with Crippen LogP contribution < -0.4 is 5.32 Å². The van der Waals surface area contributed by atoms with E-state index in [4.69, 9.17) is 0 Å². The molecule has 0 bridgehead atoms. The lowest BCUT2D eigenvalue weighted by molar-refractivity contribution is 0.355. The van der Waals surface area contributed by atoms with E-state index in [-0.39, 0.29) is 5.54 Å². The normalized spacial score (nSPS) is 13.4. The lowest BCUT2D eigenvalue weighted by Gasteiger charge is -2.19. The first kappa shape index (κ1) is 15.3. The molecule has 1 N–H and O–H groups in total. The van der Waals surface area contributed by atoms with Crippen molar-refractivity contribution < 1.29 is 0 Å². The van der Waals surface area contributed by atoms with Gasteiger partial charge in [0.25, 0.3) is 0 Å². The largest absolute Gasteiger partial charge is 0.306 e. The molecule has 0 radical (unpaired) electrons. The van der Waals surface area contributed by atoms with E-state index in [1.807, 2.05) is 16.9 Å². The molecular weight excluding hydrogens is 314 g/mol. The van der Waals surface area contributed by atoms with E-state index in [0.717, 1.165) is 11.0 Å². The van der Waals surface area contributed by atoms with E-state index in [9.17, 15) is 0 Å². The topological polar surface area (TPSA) is 29.9 Å². The summed E-state index contributed by atoms with van der Waals surface area (Å²) in [6.07, 6.45) is 4.05. The van der Waals surface area contributed by atoms with Crippen LogP contribution in [-0.4, -0.2) is 9.78 Å². The number of hydrogen-bond donors (Lipinski definition) is 1. The predicted molar refractivity (Wildman–Crippen MR) is 86.6 cm³/mol. The molecule has 0 saturated carbocycles. The van der Waals surface area contributed by atoms with Crippen molar-refractivity contribution in [2.45, 2.75) is 45.8 Å². The van der Waals surface area contributed by atoms with Crippen LogP contribution in [0.1, 0.15) is 44.9 Å². The molecule has 3 nitrogen and oxygen atoms in total. The number of rotatable bonds is 4. The van der Waals surface area contributed by atoms with E-state index in [1.54, 1.807) is 0 Å². The van der Waals surface area contributed by atoms with Gasteiger partial charge in [-0.3, -0.25) is 4.68 Å². The maximum absolute atomic E-state index is 4.42. The van der Waals surface area contributed by atoms with Gasteiger partial charge < -0.3 is 5.32 Å². The molecule has 108 valence electrons. The van der Waals surface area contributed by atoms with Crippen LogP contribution in [0, 0.1) is 0 Å². The summed E-state index contributed by atoms with van der Waals surface area (Å²) < 4.78 is 3.15. The number of nitrogens with zero attached hydrogens (tertiary/aromatic N) is 2. The fourth-order valence-corrected chi connectivity index (χ4v) is 2.65. The summed E-state index contributed by atoms with van der Waals surface area (Å²) in [5.74, 6) is 0. The standard InChI is InChI=1S/C16H22BrN3/c1-12(14-7-5-6-8-15(14)17)18-9-13-10-19-20(11-13)16(2,3)4/h5-8,10-12,18H,9H2,1-4H3/t12-/m0/s1. The highest BCUT2D eigenvalue weighted by molar-refractivity contribution is 9.10. The van der Waals surface area contributed by atoms with Crippen molar-refractivity contribution in [1.29, 1.82) is 0 Å². The molecule has 4 heteroatoms. The van der Waals surface area contributed by atoms with E-state index < -0.39 is 0 Å². The number of hydrogen-bond acceptors (Lipinski definition) is 2. The first-order chi connectivity index (χ1) is 9.38. The highest BCUT2D eigenvalue weighted by Crippen LogP contribution is 2.23. The summed E-state index contributed by atoms with van der Waals surface area (Å²) in [5, 5.41) is 7.96. The second-order valence-corrected chi connectivity index (χ2v) is 6.94. The Hall–Kier alpha value is -1.13. The number of aromatic nitrogens is 2. The number of nitrogens with one attached hydrogen (secondary N) is 1. The van der Waals surface area contributed by atoms with Crippen LogP contribution in [0.3, 0.4) is 0 Å². The smallest absolute Gasteiger partial charge is 0.0543 e. The van der Waals surface area contributed by atoms with Gasteiger partial charge in [0.05, 0.1) is 11.7 Å². The van der Waals surface area contributed by atoms with Gasteiger partial charge in [-0.15, -0.1) is 0 Å². The van der Waals surface area contributed by atoms with Gasteiger partial charge in [0.2, 0.25) is 0 Å². The third kappa shape index (κ3) is 3.70. The van der Waals surface area contributed by atoms with Crippen molar-refractivity contribution in [3.8, 4) is 0 Å². The number of benzene rings is 1. The Balaban J connectivity index is 1.99. The molecule has 2 rings (SSSR count). The molecule has 0 aliphatic carbocycles. The second kappa shape index (κ2) is 6.10. The molecule has 0 aliphatic heterocycles. The maximum Gasteiger partial charge on any atom is 0.0543 e. The van der Waals surface area contributed by atoms with Crippen LogP contribution >= 0.6 is 15.9 Å². The lowest BCUT2D eigenvalue weighted by atomic mass is 10.1. The Labute approximate surface area is 129 Å². The van der Waals surface area contributed by atoms with Gasteiger partial charge in [-0.25, -0.2) is 0 Å². The minimum Gasteiger partial charge on any atom is -0.306 e. The molecule has 0 aliphatic rings. The summed E-state index contributed by atoms with van der Waals surface area (Å²) >= 11 is 3.60. The molecule has 0 spiro atoms. The highest BCUT2D eigenvalue weighted by atomic mass is 79.9. The summed E-state index contributed by atoms with van der Waals surface area (Å²) in [7, 11) is 0. The zero-order valence-electron chi connectivity index (χ0n) is 12.5. The Kier molecular flexibility index (Phi) is 4.66. The van der Waals surface area contributed by atoms with Gasteiger partial charge in [0.1, 0.15) is 0 Å². The quantitative estimate of drug-likeness (QED) is 0.904. The van der Waals surface area contributed by atoms with E-state index >= 15 is 0 Å². The van der Waals surface area contributed by atoms with Crippen molar-refractivity contribution in [2.24, 2.45) is 0 Å². The summed E-state index contributed by atoms with van der Waals surface area (Å²) in [5.41, 5.74) is 2.52. The molecule has 0 amide bonds. The van der Waals surface area contributed by atoms with Crippen molar-refractivity contribution in [1.82, 2.24) is 15.1 Å². The Morgan fingerprint density at radius 2 is 2.00 bits per heavy atom. The van der Waals surface area contributed by atoms with Gasteiger partial charge in [0, 0.05) is 28.8 Å². The molecule has 1 aromatic heterocycles. The van der Waals surface area contributed by atoms with E-state index in [2.05, 4.69) is 78.4 Å². The highest BCUT2D eigenvalue weighted by Gasteiger charge is 2.14. The third-order valence-corrected chi connectivity index (χ3v) is 4.03.